The van der Waals surface area contributed by atoms with E-state index in [9.17, 15) is 0 Å². The lowest BCUT2D eigenvalue weighted by Crippen LogP contribution is -2.24. The van der Waals surface area contributed by atoms with Crippen LogP contribution < -0.4 is 0 Å². The van der Waals surface area contributed by atoms with Crippen LogP contribution in [0.4, 0.5) is 0 Å². The van der Waals surface area contributed by atoms with Gasteiger partial charge in [0.1, 0.15) is 0 Å². The molecule has 0 fully saturated rings. The number of ether oxygens (including phenoxy) is 1. The van der Waals surface area contributed by atoms with E-state index in [1.807, 2.05) is 20.8 Å². The topological polar surface area (TPSA) is 29.5 Å². The van der Waals surface area contributed by atoms with Crippen LogP contribution in [0, 0.1) is 0 Å². The normalized spacial score (nSPS) is 16.1. The molecule has 0 aliphatic heterocycles. The first-order valence-corrected chi connectivity index (χ1v) is 2.78. The molecule has 0 aliphatic carbocycles. The molecule has 0 aromatic carbocycles. The largest absolute Gasteiger partial charge is 0.368 e. The first-order chi connectivity index (χ1) is 3.42. The van der Waals surface area contributed by atoms with Crippen molar-refractivity contribution in [1.29, 1.82) is 0 Å². The van der Waals surface area contributed by atoms with Gasteiger partial charge >= 0.3 is 0 Å². The van der Waals surface area contributed by atoms with Gasteiger partial charge in [0.15, 0.2) is 6.29 Å². The third-order valence-corrected chi connectivity index (χ3v) is 0.524. The monoisotopic (exact) mass is 118 g/mol. The zero-order chi connectivity index (χ0) is 6.78. The van der Waals surface area contributed by atoms with E-state index in [2.05, 4.69) is 0 Å². The third kappa shape index (κ3) is 5.92. The quantitative estimate of drug-likeness (QED) is 0.523. The molecule has 0 aliphatic rings. The molecule has 0 aromatic heterocycles. The van der Waals surface area contributed by atoms with Crippen molar-refractivity contribution in [3.05, 3.63) is 0 Å². The summed E-state index contributed by atoms with van der Waals surface area (Å²) in [5.74, 6) is 0. The fourth-order valence-electron chi connectivity index (χ4n) is 0.512. The third-order valence-electron chi connectivity index (χ3n) is 0.524. The van der Waals surface area contributed by atoms with Gasteiger partial charge in [-0.25, -0.2) is 0 Å². The summed E-state index contributed by atoms with van der Waals surface area (Å²) < 4.78 is 4.99. The Morgan fingerprint density at radius 1 is 1.38 bits per heavy atom. The minimum absolute atomic E-state index is 0.228. The molecule has 0 saturated carbocycles. The summed E-state index contributed by atoms with van der Waals surface area (Å²) in [5.41, 5.74) is -0.228. The van der Waals surface area contributed by atoms with E-state index in [0.717, 1.165) is 0 Å². The second-order valence-corrected chi connectivity index (χ2v) is 2.83. The van der Waals surface area contributed by atoms with Gasteiger partial charge in [-0.05, 0) is 27.7 Å². The lowest BCUT2D eigenvalue weighted by Gasteiger charge is -2.21. The van der Waals surface area contributed by atoms with Crippen molar-refractivity contribution >= 4 is 0 Å². The van der Waals surface area contributed by atoms with Crippen LogP contribution in [0.1, 0.15) is 27.7 Å². The predicted octanol–water partition coefficient (Wildman–Crippen LogP) is 1.14. The molecule has 0 heterocycles. The van der Waals surface area contributed by atoms with E-state index < -0.39 is 6.29 Å². The van der Waals surface area contributed by atoms with Crippen molar-refractivity contribution in [3.8, 4) is 0 Å². The number of aliphatic hydroxyl groups excluding tert-OH is 1. The highest BCUT2D eigenvalue weighted by Crippen LogP contribution is 2.07. The van der Waals surface area contributed by atoms with Gasteiger partial charge in [0.05, 0.1) is 5.60 Å². The molecule has 50 valence electrons. The summed E-state index contributed by atoms with van der Waals surface area (Å²) in [5, 5.41) is 8.67. The summed E-state index contributed by atoms with van der Waals surface area (Å²) in [6.07, 6.45) is -0.657. The molecule has 0 aromatic rings. The Kier molecular flexibility index (Phi) is 2.44. The van der Waals surface area contributed by atoms with Gasteiger partial charge < -0.3 is 9.84 Å². The lowest BCUT2D eigenvalue weighted by atomic mass is 10.2. The van der Waals surface area contributed by atoms with Gasteiger partial charge in [0.2, 0.25) is 0 Å². The SMILES string of the molecule is CC(O)OC(C)(C)C. The van der Waals surface area contributed by atoms with Gasteiger partial charge in [0.25, 0.3) is 0 Å². The maximum absolute atomic E-state index is 8.67. The van der Waals surface area contributed by atoms with Crippen LogP contribution in [0.2, 0.25) is 0 Å². The van der Waals surface area contributed by atoms with Crippen molar-refractivity contribution in [1.82, 2.24) is 0 Å². The average Bonchev–Trinajstić information content (AvgIpc) is 1.21. The summed E-state index contributed by atoms with van der Waals surface area (Å²) in [7, 11) is 0. The van der Waals surface area contributed by atoms with Crippen LogP contribution >= 0.6 is 0 Å². The molecule has 1 unspecified atom stereocenters. The van der Waals surface area contributed by atoms with Crippen LogP contribution in [0.5, 0.6) is 0 Å². The van der Waals surface area contributed by atoms with Crippen molar-refractivity contribution in [2.45, 2.75) is 39.6 Å². The fraction of sp³-hybridized carbons (Fsp3) is 1.00. The Balaban J connectivity index is 3.39. The molecule has 0 amide bonds. The molecule has 2 heteroatoms. The Morgan fingerprint density at radius 3 is 1.75 bits per heavy atom. The van der Waals surface area contributed by atoms with Crippen molar-refractivity contribution in [2.75, 3.05) is 0 Å². The highest BCUT2D eigenvalue weighted by Gasteiger charge is 2.11. The lowest BCUT2D eigenvalue weighted by molar-refractivity contribution is -0.154. The zero-order valence-corrected chi connectivity index (χ0v) is 5.93. The van der Waals surface area contributed by atoms with Crippen LogP contribution in [-0.4, -0.2) is 17.0 Å². The number of hydrogen-bond acceptors (Lipinski definition) is 2. The standard InChI is InChI=1S/C6H14O2/c1-5(7)8-6(2,3)4/h5,7H,1-4H3. The van der Waals surface area contributed by atoms with Crippen molar-refractivity contribution in [3.63, 3.8) is 0 Å². The van der Waals surface area contributed by atoms with Crippen molar-refractivity contribution < 1.29 is 9.84 Å². The predicted molar refractivity (Wildman–Crippen MR) is 32.5 cm³/mol. The minimum atomic E-state index is -0.657. The van der Waals surface area contributed by atoms with Crippen molar-refractivity contribution in [2.24, 2.45) is 0 Å². The Bertz CT molecular complexity index is 61.4. The van der Waals surface area contributed by atoms with E-state index in [1.54, 1.807) is 6.92 Å². The molecule has 1 N–H and O–H groups in total. The Labute approximate surface area is 50.5 Å². The summed E-state index contributed by atoms with van der Waals surface area (Å²) in [6.45, 7) is 7.31. The molecule has 8 heavy (non-hydrogen) atoms. The average molecular weight is 118 g/mol. The first-order valence-electron chi connectivity index (χ1n) is 2.78. The van der Waals surface area contributed by atoms with E-state index in [0.29, 0.717) is 0 Å². The highest BCUT2D eigenvalue weighted by molar-refractivity contribution is 4.57. The number of hydrogen-bond donors (Lipinski definition) is 1. The highest BCUT2D eigenvalue weighted by atomic mass is 16.6. The van der Waals surface area contributed by atoms with Crippen LogP contribution in [0.25, 0.3) is 0 Å². The molecule has 0 radical (unpaired) electrons. The zero-order valence-electron chi connectivity index (χ0n) is 5.93. The van der Waals surface area contributed by atoms with E-state index >= 15 is 0 Å². The van der Waals surface area contributed by atoms with E-state index in [-0.39, 0.29) is 5.60 Å². The molecule has 2 nitrogen and oxygen atoms in total. The molecular weight excluding hydrogens is 104 g/mol. The minimum Gasteiger partial charge on any atom is -0.368 e. The van der Waals surface area contributed by atoms with Gasteiger partial charge in [-0.3, -0.25) is 0 Å². The van der Waals surface area contributed by atoms with E-state index in [1.165, 1.54) is 0 Å². The number of aliphatic hydroxyl groups is 1. The van der Waals surface area contributed by atoms with Gasteiger partial charge in [-0.2, -0.15) is 0 Å². The van der Waals surface area contributed by atoms with Gasteiger partial charge in [-0.1, -0.05) is 0 Å². The summed E-state index contributed by atoms with van der Waals surface area (Å²) in [4.78, 5) is 0. The Hall–Kier alpha value is -0.0800. The molecular formula is C6H14O2. The molecule has 0 spiro atoms. The first kappa shape index (κ1) is 7.92. The molecule has 0 bridgehead atoms. The number of rotatable bonds is 1. The van der Waals surface area contributed by atoms with Gasteiger partial charge in [-0.15, -0.1) is 0 Å². The second kappa shape index (κ2) is 2.46. The summed E-state index contributed by atoms with van der Waals surface area (Å²) >= 11 is 0. The van der Waals surface area contributed by atoms with Crippen LogP contribution in [-0.2, 0) is 4.74 Å². The van der Waals surface area contributed by atoms with E-state index in [4.69, 9.17) is 9.84 Å². The maximum Gasteiger partial charge on any atom is 0.152 e. The van der Waals surface area contributed by atoms with Crippen LogP contribution in [0.3, 0.4) is 0 Å². The van der Waals surface area contributed by atoms with Crippen LogP contribution in [0.15, 0.2) is 0 Å². The molecule has 0 saturated heterocycles. The Morgan fingerprint density at radius 2 is 1.75 bits per heavy atom. The second-order valence-electron chi connectivity index (χ2n) is 2.83. The fourth-order valence-corrected chi connectivity index (χ4v) is 0.512. The smallest absolute Gasteiger partial charge is 0.152 e. The molecule has 0 rings (SSSR count). The van der Waals surface area contributed by atoms with Gasteiger partial charge in [0, 0.05) is 0 Å². The molecule has 1 atom stereocenters. The maximum atomic E-state index is 8.67. The summed E-state index contributed by atoms with van der Waals surface area (Å²) in [6, 6.07) is 0.